The van der Waals surface area contributed by atoms with E-state index >= 15 is 0 Å². The van der Waals surface area contributed by atoms with Gasteiger partial charge in [-0.25, -0.2) is 0 Å². The Balaban J connectivity index is 2.28. The van der Waals surface area contributed by atoms with Crippen molar-refractivity contribution in [3.63, 3.8) is 0 Å². The number of rotatable bonds is 4. The molecule has 0 aliphatic rings. The maximum absolute atomic E-state index is 12.7. The van der Waals surface area contributed by atoms with Crippen molar-refractivity contribution in [3.05, 3.63) is 47.3 Å². The van der Waals surface area contributed by atoms with Crippen molar-refractivity contribution < 1.29 is 4.79 Å². The average Bonchev–Trinajstić information content (AvgIpc) is 2.84. The molecule has 112 valence electrons. The van der Waals surface area contributed by atoms with Gasteiger partial charge in [0.2, 0.25) is 5.91 Å². The highest BCUT2D eigenvalue weighted by molar-refractivity contribution is 5.97. The number of nitrogens with zero attached hydrogens (tertiary/aromatic N) is 3. The molecule has 5 nitrogen and oxygen atoms in total. The minimum absolute atomic E-state index is 0.00417. The van der Waals surface area contributed by atoms with Gasteiger partial charge in [-0.05, 0) is 44.2 Å². The first-order chi connectivity index (χ1) is 9.92. The van der Waals surface area contributed by atoms with Crippen molar-refractivity contribution in [3.8, 4) is 0 Å². The number of carbonyl (C=O) groups is 1. The zero-order valence-corrected chi connectivity index (χ0v) is 13.2. The molecule has 2 rings (SSSR count). The van der Waals surface area contributed by atoms with E-state index in [2.05, 4.69) is 16.5 Å². The molecule has 2 aromatic rings. The Morgan fingerprint density at radius 3 is 2.38 bits per heavy atom. The summed E-state index contributed by atoms with van der Waals surface area (Å²) in [5.74, 6) is -0.00417. The van der Waals surface area contributed by atoms with Crippen LogP contribution >= 0.6 is 0 Å². The Morgan fingerprint density at radius 1 is 1.29 bits per heavy atom. The van der Waals surface area contributed by atoms with E-state index < -0.39 is 6.04 Å². The van der Waals surface area contributed by atoms with Gasteiger partial charge in [-0.15, -0.1) is 0 Å². The van der Waals surface area contributed by atoms with Gasteiger partial charge < -0.3 is 10.2 Å². The molecule has 1 atom stereocenters. The van der Waals surface area contributed by atoms with Crippen molar-refractivity contribution in [2.45, 2.75) is 19.9 Å². The van der Waals surface area contributed by atoms with Crippen LogP contribution in [0.15, 0.2) is 30.6 Å². The van der Waals surface area contributed by atoms with Gasteiger partial charge in [-0.2, -0.15) is 5.10 Å². The highest BCUT2D eigenvalue weighted by Crippen LogP contribution is 2.22. The predicted octanol–water partition coefficient (Wildman–Crippen LogP) is 1.96. The van der Waals surface area contributed by atoms with Gasteiger partial charge in [0.15, 0.2) is 0 Å². The molecule has 1 aromatic carbocycles. The predicted molar refractivity (Wildman–Crippen MR) is 84.3 cm³/mol. The van der Waals surface area contributed by atoms with Crippen LogP contribution in [0.5, 0.6) is 0 Å². The Bertz CT molecular complexity index is 627. The largest absolute Gasteiger partial charge is 0.314 e. The third-order valence-corrected chi connectivity index (χ3v) is 3.52. The quantitative estimate of drug-likeness (QED) is 0.935. The fourth-order valence-electron chi connectivity index (χ4n) is 2.49. The van der Waals surface area contributed by atoms with Crippen LogP contribution in [0.2, 0.25) is 0 Å². The standard InChI is InChI=1S/C16H22N4O/c1-11-6-12(2)8-14(7-11)20(5)16(21)15(17-3)13-9-18-19(4)10-13/h6-10,15,17H,1-5H3. The van der Waals surface area contributed by atoms with Crippen LogP contribution in [0.25, 0.3) is 0 Å². The fraction of sp³-hybridized carbons (Fsp3) is 0.375. The zero-order chi connectivity index (χ0) is 15.6. The Labute approximate surface area is 125 Å². The van der Waals surface area contributed by atoms with Crippen molar-refractivity contribution in [1.29, 1.82) is 0 Å². The summed E-state index contributed by atoms with van der Waals surface area (Å²) in [6.07, 6.45) is 3.57. The minimum atomic E-state index is -0.399. The number of amides is 1. The highest BCUT2D eigenvalue weighted by atomic mass is 16.2. The maximum atomic E-state index is 12.7. The van der Waals surface area contributed by atoms with Crippen molar-refractivity contribution >= 4 is 11.6 Å². The average molecular weight is 286 g/mol. The summed E-state index contributed by atoms with van der Waals surface area (Å²) in [5.41, 5.74) is 4.06. The van der Waals surface area contributed by atoms with Gasteiger partial charge in [0.25, 0.3) is 0 Å². The Hall–Kier alpha value is -2.14. The van der Waals surface area contributed by atoms with Gasteiger partial charge in [0.1, 0.15) is 6.04 Å². The van der Waals surface area contributed by atoms with Gasteiger partial charge >= 0.3 is 0 Å². The van der Waals surface area contributed by atoms with Crippen LogP contribution in [-0.4, -0.2) is 29.8 Å². The van der Waals surface area contributed by atoms with Crippen LogP contribution in [0, 0.1) is 13.8 Å². The Morgan fingerprint density at radius 2 is 1.90 bits per heavy atom. The van der Waals surface area contributed by atoms with E-state index in [1.165, 1.54) is 0 Å². The molecule has 0 saturated carbocycles. The van der Waals surface area contributed by atoms with E-state index in [1.54, 1.807) is 29.9 Å². The lowest BCUT2D eigenvalue weighted by molar-refractivity contribution is -0.120. The van der Waals surface area contributed by atoms with Crippen molar-refractivity contribution in [2.24, 2.45) is 7.05 Å². The maximum Gasteiger partial charge on any atom is 0.248 e. The smallest absolute Gasteiger partial charge is 0.248 e. The summed E-state index contributed by atoms with van der Waals surface area (Å²) in [4.78, 5) is 14.4. The molecule has 0 radical (unpaired) electrons. The van der Waals surface area contributed by atoms with Crippen LogP contribution in [0.1, 0.15) is 22.7 Å². The van der Waals surface area contributed by atoms with Crippen LogP contribution in [0.3, 0.4) is 0 Å². The molecule has 0 fully saturated rings. The van der Waals surface area contributed by atoms with Crippen LogP contribution in [-0.2, 0) is 11.8 Å². The molecule has 1 N–H and O–H groups in total. The number of hydrogen-bond donors (Lipinski definition) is 1. The van der Waals surface area contributed by atoms with E-state index in [1.807, 2.05) is 39.2 Å². The number of benzene rings is 1. The van der Waals surface area contributed by atoms with Gasteiger partial charge in [-0.3, -0.25) is 9.48 Å². The van der Waals surface area contributed by atoms with E-state index in [-0.39, 0.29) is 5.91 Å². The van der Waals surface area contributed by atoms with Gasteiger partial charge in [0.05, 0.1) is 6.20 Å². The van der Waals surface area contributed by atoms with Gasteiger partial charge in [0, 0.05) is 31.5 Å². The molecule has 1 unspecified atom stereocenters. The molecule has 0 aliphatic heterocycles. The lowest BCUT2D eigenvalue weighted by Gasteiger charge is -2.23. The molecule has 1 amide bonds. The van der Waals surface area contributed by atoms with E-state index in [0.29, 0.717) is 0 Å². The SMILES string of the molecule is CNC(C(=O)N(C)c1cc(C)cc(C)c1)c1cnn(C)c1. The fourth-order valence-corrected chi connectivity index (χ4v) is 2.49. The number of nitrogens with one attached hydrogen (secondary N) is 1. The molecule has 1 heterocycles. The topological polar surface area (TPSA) is 50.2 Å². The number of aryl methyl sites for hydroxylation is 3. The second kappa shape index (κ2) is 6.10. The molecule has 1 aromatic heterocycles. The van der Waals surface area contributed by atoms with Crippen LogP contribution in [0.4, 0.5) is 5.69 Å². The second-order valence-electron chi connectivity index (χ2n) is 5.41. The summed E-state index contributed by atoms with van der Waals surface area (Å²) in [6, 6.07) is 5.73. The Kier molecular flexibility index (Phi) is 4.43. The summed E-state index contributed by atoms with van der Waals surface area (Å²) in [7, 11) is 5.43. The van der Waals surface area contributed by atoms with Crippen molar-refractivity contribution in [2.75, 3.05) is 19.0 Å². The third-order valence-electron chi connectivity index (χ3n) is 3.52. The normalized spacial score (nSPS) is 12.2. The van der Waals surface area contributed by atoms with Gasteiger partial charge in [-0.1, -0.05) is 6.07 Å². The molecular formula is C16H22N4O. The molecule has 5 heteroatoms. The number of likely N-dealkylation sites (N-methyl/N-ethyl adjacent to an activating group) is 2. The number of anilines is 1. The third kappa shape index (κ3) is 3.31. The molecule has 0 aliphatic carbocycles. The van der Waals surface area contributed by atoms with E-state index in [9.17, 15) is 4.79 Å². The second-order valence-corrected chi connectivity index (χ2v) is 5.41. The number of aromatic nitrogens is 2. The zero-order valence-electron chi connectivity index (χ0n) is 13.2. The van der Waals surface area contributed by atoms with Crippen LogP contribution < -0.4 is 10.2 Å². The summed E-state index contributed by atoms with van der Waals surface area (Å²) in [5, 5.41) is 7.20. The summed E-state index contributed by atoms with van der Waals surface area (Å²) < 4.78 is 1.70. The molecule has 0 saturated heterocycles. The highest BCUT2D eigenvalue weighted by Gasteiger charge is 2.24. The minimum Gasteiger partial charge on any atom is -0.314 e. The number of carbonyl (C=O) groups excluding carboxylic acids is 1. The van der Waals surface area contributed by atoms with E-state index in [4.69, 9.17) is 0 Å². The first-order valence-electron chi connectivity index (χ1n) is 6.94. The monoisotopic (exact) mass is 286 g/mol. The van der Waals surface area contributed by atoms with Crippen molar-refractivity contribution in [1.82, 2.24) is 15.1 Å². The molecule has 0 spiro atoms. The first-order valence-corrected chi connectivity index (χ1v) is 6.94. The lowest BCUT2D eigenvalue weighted by atomic mass is 10.1. The molecular weight excluding hydrogens is 264 g/mol. The summed E-state index contributed by atoms with van der Waals surface area (Å²) >= 11 is 0. The molecule has 21 heavy (non-hydrogen) atoms. The summed E-state index contributed by atoms with van der Waals surface area (Å²) in [6.45, 7) is 4.07. The first kappa shape index (κ1) is 15.3. The molecule has 0 bridgehead atoms. The number of hydrogen-bond acceptors (Lipinski definition) is 3. The lowest BCUT2D eigenvalue weighted by Crippen LogP contribution is -2.37. The van der Waals surface area contributed by atoms with E-state index in [0.717, 1.165) is 22.4 Å².